The fourth-order valence-corrected chi connectivity index (χ4v) is 1.86. The second-order valence-corrected chi connectivity index (χ2v) is 4.26. The number of aryl methyl sites for hydroxylation is 2. The average Bonchev–Trinajstić information content (AvgIpc) is 2.28. The largest absolute Gasteiger partial charge is 0.416 e. The molecule has 94 valence electrons. The van der Waals surface area contributed by atoms with Crippen molar-refractivity contribution in [3.63, 3.8) is 0 Å². The third-order valence-electron chi connectivity index (χ3n) is 2.68. The lowest BCUT2D eigenvalue weighted by molar-refractivity contribution is -0.137. The minimum Gasteiger partial charge on any atom is -0.256 e. The summed E-state index contributed by atoms with van der Waals surface area (Å²) >= 11 is 0. The molecule has 18 heavy (non-hydrogen) atoms. The van der Waals surface area contributed by atoms with E-state index in [0.29, 0.717) is 11.3 Å². The van der Waals surface area contributed by atoms with E-state index in [1.54, 1.807) is 12.3 Å². The highest BCUT2D eigenvalue weighted by Gasteiger charge is 2.30. The van der Waals surface area contributed by atoms with Gasteiger partial charge in [0.1, 0.15) is 0 Å². The summed E-state index contributed by atoms with van der Waals surface area (Å²) < 4.78 is 37.9. The third kappa shape index (κ3) is 2.53. The van der Waals surface area contributed by atoms with Gasteiger partial charge in [-0.05, 0) is 37.1 Å². The second kappa shape index (κ2) is 4.44. The van der Waals surface area contributed by atoms with Gasteiger partial charge in [-0.15, -0.1) is 0 Å². The lowest BCUT2D eigenvalue weighted by atomic mass is 10.0. The fourth-order valence-electron chi connectivity index (χ4n) is 1.86. The molecule has 0 unspecified atom stereocenters. The number of halogens is 3. The lowest BCUT2D eigenvalue weighted by Gasteiger charge is -2.10. The van der Waals surface area contributed by atoms with Crippen molar-refractivity contribution in [2.75, 3.05) is 0 Å². The van der Waals surface area contributed by atoms with Gasteiger partial charge >= 0.3 is 6.18 Å². The molecule has 0 spiro atoms. The topological polar surface area (TPSA) is 12.9 Å². The standard InChI is InChI=1S/C14H12F3N/c1-9-6-10(2)13(18-8-9)11-4-3-5-12(7-11)14(15,16)17/h3-8H,1-2H3. The summed E-state index contributed by atoms with van der Waals surface area (Å²) in [6.07, 6.45) is -2.67. The molecule has 0 aliphatic rings. The molecule has 2 aromatic rings. The van der Waals surface area contributed by atoms with Gasteiger partial charge in [-0.1, -0.05) is 18.2 Å². The first-order chi connectivity index (χ1) is 8.38. The van der Waals surface area contributed by atoms with Crippen LogP contribution in [0.25, 0.3) is 11.3 Å². The highest BCUT2D eigenvalue weighted by molar-refractivity contribution is 5.64. The van der Waals surface area contributed by atoms with Crippen LogP contribution in [0.15, 0.2) is 36.5 Å². The highest BCUT2D eigenvalue weighted by Crippen LogP contribution is 2.32. The van der Waals surface area contributed by atoms with Gasteiger partial charge in [-0.25, -0.2) is 0 Å². The fraction of sp³-hybridized carbons (Fsp3) is 0.214. The molecule has 0 fully saturated rings. The Balaban J connectivity index is 2.51. The van der Waals surface area contributed by atoms with Gasteiger partial charge in [-0.2, -0.15) is 13.2 Å². The van der Waals surface area contributed by atoms with E-state index in [1.807, 2.05) is 19.9 Å². The van der Waals surface area contributed by atoms with Gasteiger partial charge in [0.2, 0.25) is 0 Å². The van der Waals surface area contributed by atoms with E-state index in [-0.39, 0.29) is 0 Å². The minimum absolute atomic E-state index is 0.488. The Labute approximate surface area is 103 Å². The van der Waals surface area contributed by atoms with Gasteiger partial charge in [-0.3, -0.25) is 4.98 Å². The average molecular weight is 251 g/mol. The molecule has 2 rings (SSSR count). The van der Waals surface area contributed by atoms with Crippen LogP contribution in [-0.4, -0.2) is 4.98 Å². The summed E-state index contributed by atoms with van der Waals surface area (Å²) in [7, 11) is 0. The van der Waals surface area contributed by atoms with Gasteiger partial charge in [0.15, 0.2) is 0 Å². The van der Waals surface area contributed by atoms with E-state index in [1.165, 1.54) is 6.07 Å². The normalized spacial score (nSPS) is 11.6. The summed E-state index contributed by atoms with van der Waals surface area (Å²) in [5.74, 6) is 0. The Hall–Kier alpha value is -1.84. The van der Waals surface area contributed by atoms with Gasteiger partial charge < -0.3 is 0 Å². The summed E-state index contributed by atoms with van der Waals surface area (Å²) in [4.78, 5) is 4.20. The SMILES string of the molecule is Cc1cnc(-c2cccc(C(F)(F)F)c2)c(C)c1. The molecule has 0 N–H and O–H groups in total. The highest BCUT2D eigenvalue weighted by atomic mass is 19.4. The first-order valence-corrected chi connectivity index (χ1v) is 5.49. The summed E-state index contributed by atoms with van der Waals surface area (Å²) in [5.41, 5.74) is 2.29. The number of benzene rings is 1. The predicted molar refractivity (Wildman–Crippen MR) is 64.1 cm³/mol. The van der Waals surface area contributed by atoms with Crippen LogP contribution < -0.4 is 0 Å². The first kappa shape index (κ1) is 12.6. The molecule has 0 aliphatic carbocycles. The van der Waals surface area contributed by atoms with E-state index in [4.69, 9.17) is 0 Å². The Bertz CT molecular complexity index is 573. The molecule has 0 radical (unpaired) electrons. The van der Waals surface area contributed by atoms with Crippen molar-refractivity contribution in [2.45, 2.75) is 20.0 Å². The zero-order chi connectivity index (χ0) is 13.3. The van der Waals surface area contributed by atoms with Crippen LogP contribution in [0.1, 0.15) is 16.7 Å². The molecule has 0 amide bonds. The van der Waals surface area contributed by atoms with Gasteiger partial charge in [0, 0.05) is 11.8 Å². The van der Waals surface area contributed by atoms with Crippen LogP contribution in [0.2, 0.25) is 0 Å². The van der Waals surface area contributed by atoms with Crippen molar-refractivity contribution in [1.82, 2.24) is 4.98 Å². The molecule has 0 aliphatic heterocycles. The monoisotopic (exact) mass is 251 g/mol. The number of rotatable bonds is 1. The Kier molecular flexibility index (Phi) is 3.11. The zero-order valence-corrected chi connectivity index (χ0v) is 10.0. The molecule has 0 saturated carbocycles. The zero-order valence-electron chi connectivity index (χ0n) is 10.0. The summed E-state index contributed by atoms with van der Waals surface area (Å²) in [5, 5.41) is 0. The predicted octanol–water partition coefficient (Wildman–Crippen LogP) is 4.38. The number of alkyl halides is 3. The molecule has 0 bridgehead atoms. The Morgan fingerprint density at radius 3 is 2.39 bits per heavy atom. The number of hydrogen-bond donors (Lipinski definition) is 0. The molecule has 4 heteroatoms. The van der Waals surface area contributed by atoms with E-state index < -0.39 is 11.7 Å². The third-order valence-corrected chi connectivity index (χ3v) is 2.68. The van der Waals surface area contributed by atoms with Gasteiger partial charge in [0.05, 0.1) is 11.3 Å². The lowest BCUT2D eigenvalue weighted by Crippen LogP contribution is -2.04. The van der Waals surface area contributed by atoms with E-state index >= 15 is 0 Å². The summed E-state index contributed by atoms with van der Waals surface area (Å²) in [6.45, 7) is 3.74. The molecular weight excluding hydrogens is 239 g/mol. The minimum atomic E-state index is -4.32. The quantitative estimate of drug-likeness (QED) is 0.732. The van der Waals surface area contributed by atoms with Crippen molar-refractivity contribution in [1.29, 1.82) is 0 Å². The van der Waals surface area contributed by atoms with Crippen molar-refractivity contribution >= 4 is 0 Å². The first-order valence-electron chi connectivity index (χ1n) is 5.49. The van der Waals surface area contributed by atoms with Crippen molar-refractivity contribution in [2.24, 2.45) is 0 Å². The van der Waals surface area contributed by atoms with Crippen molar-refractivity contribution in [3.8, 4) is 11.3 Å². The van der Waals surface area contributed by atoms with Crippen LogP contribution >= 0.6 is 0 Å². The van der Waals surface area contributed by atoms with Crippen LogP contribution in [0, 0.1) is 13.8 Å². The maximum absolute atomic E-state index is 12.6. The molecule has 1 aromatic carbocycles. The Morgan fingerprint density at radius 2 is 1.78 bits per heavy atom. The Morgan fingerprint density at radius 1 is 1.06 bits per heavy atom. The maximum atomic E-state index is 12.6. The molecule has 1 heterocycles. The number of nitrogens with zero attached hydrogens (tertiary/aromatic N) is 1. The molecular formula is C14H12F3N. The van der Waals surface area contributed by atoms with E-state index in [2.05, 4.69) is 4.98 Å². The van der Waals surface area contributed by atoms with Crippen LogP contribution in [-0.2, 0) is 6.18 Å². The molecule has 1 aromatic heterocycles. The van der Waals surface area contributed by atoms with Gasteiger partial charge in [0.25, 0.3) is 0 Å². The van der Waals surface area contributed by atoms with Crippen LogP contribution in [0.5, 0.6) is 0 Å². The van der Waals surface area contributed by atoms with Crippen LogP contribution in [0.3, 0.4) is 0 Å². The summed E-state index contributed by atoms with van der Waals surface area (Å²) in [6, 6.07) is 7.14. The molecule has 1 nitrogen and oxygen atoms in total. The van der Waals surface area contributed by atoms with Crippen LogP contribution in [0.4, 0.5) is 13.2 Å². The number of pyridine rings is 1. The number of aromatic nitrogens is 1. The molecule has 0 saturated heterocycles. The van der Waals surface area contributed by atoms with E-state index in [0.717, 1.165) is 23.3 Å². The second-order valence-electron chi connectivity index (χ2n) is 4.26. The maximum Gasteiger partial charge on any atom is 0.416 e. The molecule has 0 atom stereocenters. The van der Waals surface area contributed by atoms with E-state index in [9.17, 15) is 13.2 Å². The number of hydrogen-bond acceptors (Lipinski definition) is 1. The smallest absolute Gasteiger partial charge is 0.256 e. The van der Waals surface area contributed by atoms with Crippen molar-refractivity contribution in [3.05, 3.63) is 53.2 Å². The van der Waals surface area contributed by atoms with Crippen molar-refractivity contribution < 1.29 is 13.2 Å².